The van der Waals surface area contributed by atoms with E-state index in [1.165, 1.54) is 6.26 Å². The minimum absolute atomic E-state index is 0. The van der Waals surface area contributed by atoms with E-state index in [2.05, 4.69) is 10.0 Å². The van der Waals surface area contributed by atoms with Crippen LogP contribution in [-0.2, 0) is 16.6 Å². The van der Waals surface area contributed by atoms with E-state index in [0.717, 1.165) is 30.0 Å². The van der Waals surface area contributed by atoms with Crippen LogP contribution in [0.3, 0.4) is 0 Å². The zero-order valence-electron chi connectivity index (χ0n) is 15.3. The molecule has 0 heterocycles. The molecule has 0 amide bonds. The van der Waals surface area contributed by atoms with Gasteiger partial charge in [-0.25, -0.2) is 13.1 Å². The lowest BCUT2D eigenvalue weighted by atomic mass is 10.1. The first kappa shape index (κ1) is 22.4. The molecule has 0 bridgehead atoms. The maximum Gasteiger partial charge on any atom is 0.209 e. The normalized spacial score (nSPS) is 13.5. The lowest BCUT2D eigenvalue weighted by molar-refractivity contribution is 0.217. The molecule has 2 N–H and O–H groups in total. The monoisotopic (exact) mass is 398 g/mol. The summed E-state index contributed by atoms with van der Waals surface area (Å²) < 4.78 is 31.0. The molecule has 26 heavy (non-hydrogen) atoms. The van der Waals surface area contributed by atoms with Crippen LogP contribution in [0.2, 0.25) is 0 Å². The molecule has 0 fully saturated rings. The summed E-state index contributed by atoms with van der Waals surface area (Å²) >= 11 is 0. The third-order valence-electron chi connectivity index (χ3n) is 3.71. The molecule has 2 atom stereocenters. The van der Waals surface area contributed by atoms with Crippen LogP contribution >= 0.6 is 12.4 Å². The quantitative estimate of drug-likeness (QED) is 0.680. The van der Waals surface area contributed by atoms with E-state index < -0.39 is 10.0 Å². The Bertz CT molecular complexity index is 752. The molecule has 0 saturated carbocycles. The molecule has 0 aliphatic heterocycles. The maximum atomic E-state index is 11.3. The molecular formula is C19H27ClN2O3S. The van der Waals surface area contributed by atoms with Crippen molar-refractivity contribution in [2.75, 3.05) is 12.8 Å². The van der Waals surface area contributed by atoms with Gasteiger partial charge in [0.05, 0.1) is 6.26 Å². The second kappa shape index (κ2) is 10.5. The lowest BCUT2D eigenvalue weighted by Gasteiger charge is -2.16. The molecular weight excluding hydrogens is 372 g/mol. The van der Waals surface area contributed by atoms with E-state index >= 15 is 0 Å². The third-order valence-corrected chi connectivity index (χ3v) is 4.49. The molecule has 0 aliphatic rings. The minimum atomic E-state index is -3.21. The fourth-order valence-electron chi connectivity index (χ4n) is 2.51. The standard InChI is InChI=1S/C19H26N2O3S.ClH/c1-15(24-19-7-5-4-6-8-19)13-20-14-17-9-11-18(12-10-17)16(2)21-25(3,22)23;/h4-12,15-16,20-21H,13-14H2,1-3H3;1H/t15?,16-;/m1./s1. The van der Waals surface area contributed by atoms with Crippen LogP contribution in [0.15, 0.2) is 54.6 Å². The van der Waals surface area contributed by atoms with Crippen molar-refractivity contribution in [2.45, 2.75) is 32.5 Å². The van der Waals surface area contributed by atoms with Gasteiger partial charge in [-0.1, -0.05) is 42.5 Å². The Balaban J connectivity index is 0.00000338. The van der Waals surface area contributed by atoms with Crippen LogP contribution in [0, 0.1) is 0 Å². The Morgan fingerprint density at radius 3 is 2.19 bits per heavy atom. The molecule has 0 saturated heterocycles. The van der Waals surface area contributed by atoms with Crippen LogP contribution in [0.5, 0.6) is 5.75 Å². The van der Waals surface area contributed by atoms with E-state index in [4.69, 9.17) is 4.74 Å². The highest BCUT2D eigenvalue weighted by molar-refractivity contribution is 7.88. The molecule has 144 valence electrons. The van der Waals surface area contributed by atoms with Crippen molar-refractivity contribution in [3.8, 4) is 5.75 Å². The van der Waals surface area contributed by atoms with Crippen LogP contribution in [-0.4, -0.2) is 27.3 Å². The lowest BCUT2D eigenvalue weighted by Crippen LogP contribution is -2.28. The van der Waals surface area contributed by atoms with Gasteiger partial charge in [-0.2, -0.15) is 0 Å². The van der Waals surface area contributed by atoms with Gasteiger partial charge < -0.3 is 10.1 Å². The van der Waals surface area contributed by atoms with Crippen LogP contribution < -0.4 is 14.8 Å². The summed E-state index contributed by atoms with van der Waals surface area (Å²) in [6.07, 6.45) is 1.24. The Hall–Kier alpha value is -1.60. The first-order valence-corrected chi connectivity index (χ1v) is 10.2. The van der Waals surface area contributed by atoms with Crippen molar-refractivity contribution >= 4 is 22.4 Å². The zero-order chi connectivity index (χ0) is 18.3. The van der Waals surface area contributed by atoms with E-state index in [9.17, 15) is 8.42 Å². The largest absolute Gasteiger partial charge is 0.489 e. The average Bonchev–Trinajstić information content (AvgIpc) is 2.55. The molecule has 0 aromatic heterocycles. The average molecular weight is 399 g/mol. The Morgan fingerprint density at radius 2 is 1.62 bits per heavy atom. The summed E-state index contributed by atoms with van der Waals surface area (Å²) in [5, 5.41) is 3.37. The fraction of sp³-hybridized carbons (Fsp3) is 0.368. The first-order valence-electron chi connectivity index (χ1n) is 8.32. The Kier molecular flexibility index (Phi) is 9.08. The van der Waals surface area contributed by atoms with Crippen molar-refractivity contribution in [1.82, 2.24) is 10.0 Å². The topological polar surface area (TPSA) is 67.4 Å². The molecule has 0 radical (unpaired) electrons. The van der Waals surface area contributed by atoms with Crippen LogP contribution in [0.25, 0.3) is 0 Å². The number of benzene rings is 2. The van der Waals surface area contributed by atoms with Crippen molar-refractivity contribution < 1.29 is 13.2 Å². The van der Waals surface area contributed by atoms with Gasteiger partial charge >= 0.3 is 0 Å². The Labute approximate surface area is 162 Å². The van der Waals surface area contributed by atoms with Crippen molar-refractivity contribution in [1.29, 1.82) is 0 Å². The highest BCUT2D eigenvalue weighted by Gasteiger charge is 2.10. The number of ether oxygens (including phenoxy) is 1. The third kappa shape index (κ3) is 8.19. The predicted octanol–water partition coefficient (Wildman–Crippen LogP) is 3.28. The highest BCUT2D eigenvalue weighted by Crippen LogP contribution is 2.14. The van der Waals surface area contributed by atoms with Crippen molar-refractivity contribution in [2.24, 2.45) is 0 Å². The summed E-state index contributed by atoms with van der Waals surface area (Å²) in [5.74, 6) is 0.869. The van der Waals surface area contributed by atoms with Crippen molar-refractivity contribution in [3.05, 3.63) is 65.7 Å². The smallest absolute Gasteiger partial charge is 0.209 e. The zero-order valence-corrected chi connectivity index (χ0v) is 16.9. The number of sulfonamides is 1. The molecule has 5 nitrogen and oxygen atoms in total. The summed E-state index contributed by atoms with van der Waals surface area (Å²) in [7, 11) is -3.21. The summed E-state index contributed by atoms with van der Waals surface area (Å²) in [6, 6.07) is 17.4. The number of halogens is 1. The van der Waals surface area contributed by atoms with Gasteiger partial charge in [0.1, 0.15) is 11.9 Å². The Morgan fingerprint density at radius 1 is 1.00 bits per heavy atom. The van der Waals surface area contributed by atoms with Crippen LogP contribution in [0.4, 0.5) is 0 Å². The first-order chi connectivity index (χ1) is 11.8. The highest BCUT2D eigenvalue weighted by atomic mass is 35.5. The summed E-state index contributed by atoms with van der Waals surface area (Å²) in [4.78, 5) is 0. The van der Waals surface area contributed by atoms with Gasteiger partial charge in [-0.3, -0.25) is 0 Å². The number of para-hydroxylation sites is 1. The van der Waals surface area contributed by atoms with Crippen molar-refractivity contribution in [3.63, 3.8) is 0 Å². The molecule has 2 aromatic rings. The maximum absolute atomic E-state index is 11.3. The van der Waals surface area contributed by atoms with E-state index in [-0.39, 0.29) is 24.6 Å². The van der Waals surface area contributed by atoms with Gasteiger partial charge in [0.25, 0.3) is 0 Å². The fourth-order valence-corrected chi connectivity index (χ4v) is 3.28. The summed E-state index contributed by atoms with van der Waals surface area (Å²) in [5.41, 5.74) is 2.08. The molecule has 7 heteroatoms. The predicted molar refractivity (Wildman–Crippen MR) is 108 cm³/mol. The number of nitrogens with one attached hydrogen (secondary N) is 2. The van der Waals surface area contributed by atoms with Crippen LogP contribution in [0.1, 0.15) is 31.0 Å². The number of hydrogen-bond acceptors (Lipinski definition) is 4. The van der Waals surface area contributed by atoms with Gasteiger partial charge in [-0.05, 0) is 37.1 Å². The molecule has 0 aliphatic carbocycles. The van der Waals surface area contributed by atoms with E-state index in [1.54, 1.807) is 0 Å². The van der Waals surface area contributed by atoms with E-state index in [1.807, 2.05) is 68.4 Å². The molecule has 2 rings (SSSR count). The summed E-state index contributed by atoms with van der Waals surface area (Å²) in [6.45, 7) is 5.33. The molecule has 1 unspecified atom stereocenters. The SMILES string of the molecule is CC(CNCc1ccc([C@@H](C)NS(C)(=O)=O)cc1)Oc1ccccc1.Cl. The second-order valence-corrected chi connectivity index (χ2v) is 8.01. The minimum Gasteiger partial charge on any atom is -0.489 e. The molecule has 0 spiro atoms. The van der Waals surface area contributed by atoms with Gasteiger partial charge in [-0.15, -0.1) is 12.4 Å². The number of hydrogen-bond donors (Lipinski definition) is 2. The van der Waals surface area contributed by atoms with E-state index in [0.29, 0.717) is 0 Å². The van der Waals surface area contributed by atoms with Gasteiger partial charge in [0.15, 0.2) is 0 Å². The molecule has 2 aromatic carbocycles. The van der Waals surface area contributed by atoms with Gasteiger partial charge in [0, 0.05) is 19.1 Å². The van der Waals surface area contributed by atoms with Gasteiger partial charge in [0.2, 0.25) is 10.0 Å². The number of rotatable bonds is 9. The second-order valence-electron chi connectivity index (χ2n) is 6.23.